The molecule has 3 nitrogen and oxygen atoms in total. The quantitative estimate of drug-likeness (QED) is 0.799. The fourth-order valence-corrected chi connectivity index (χ4v) is 2.54. The summed E-state index contributed by atoms with van der Waals surface area (Å²) in [6.07, 6.45) is -0.616. The molecule has 2 aromatic carbocycles. The van der Waals surface area contributed by atoms with Crippen molar-refractivity contribution >= 4 is 43.5 Å². The Bertz CT molecular complexity index is 640. The van der Waals surface area contributed by atoms with Gasteiger partial charge in [0.25, 0.3) is 5.91 Å². The zero-order valence-corrected chi connectivity index (χ0v) is 12.9. The number of halogens is 2. The Morgan fingerprint density at radius 2 is 1.68 bits per heavy atom. The van der Waals surface area contributed by atoms with E-state index in [1.165, 1.54) is 0 Å². The van der Waals surface area contributed by atoms with E-state index in [0.717, 1.165) is 14.5 Å². The number of anilines is 1. The molecule has 1 heterocycles. The van der Waals surface area contributed by atoms with Crippen molar-refractivity contribution < 1.29 is 9.53 Å². The minimum absolute atomic E-state index is 0.155. The van der Waals surface area contributed by atoms with E-state index < -0.39 is 6.10 Å². The number of carbonyl (C=O) groups excluding carboxylic acids is 1. The van der Waals surface area contributed by atoms with Crippen molar-refractivity contribution in [3.8, 4) is 5.75 Å². The number of hydrogen-bond acceptors (Lipinski definition) is 2. The lowest BCUT2D eigenvalue weighted by molar-refractivity contribution is -0.123. The minimum atomic E-state index is -0.616. The van der Waals surface area contributed by atoms with Crippen molar-refractivity contribution in [1.82, 2.24) is 0 Å². The standard InChI is InChI=1S/C14H9Br2NO2/c15-9-3-1-8(2-4-9)13-14(18)17-11-6-5-10(16)7-12(11)19-13/h1-7,13H,(H,17,18). The van der Waals surface area contributed by atoms with Gasteiger partial charge in [-0.2, -0.15) is 0 Å². The molecule has 0 saturated heterocycles. The molecule has 0 aromatic heterocycles. The van der Waals surface area contributed by atoms with Gasteiger partial charge in [0, 0.05) is 14.5 Å². The second kappa shape index (κ2) is 4.98. The Labute approximate surface area is 127 Å². The highest BCUT2D eigenvalue weighted by atomic mass is 79.9. The topological polar surface area (TPSA) is 38.3 Å². The van der Waals surface area contributed by atoms with Crippen molar-refractivity contribution in [3.63, 3.8) is 0 Å². The molecule has 0 spiro atoms. The highest BCUT2D eigenvalue weighted by Crippen LogP contribution is 2.36. The molecular weight excluding hydrogens is 374 g/mol. The SMILES string of the molecule is O=C1Nc2ccc(Br)cc2OC1c1ccc(Br)cc1. The highest BCUT2D eigenvalue weighted by Gasteiger charge is 2.29. The van der Waals surface area contributed by atoms with E-state index in [1.807, 2.05) is 42.5 Å². The smallest absolute Gasteiger partial charge is 0.270 e. The predicted molar refractivity (Wildman–Crippen MR) is 80.3 cm³/mol. The predicted octanol–water partition coefficient (Wildman–Crippen LogP) is 4.28. The van der Waals surface area contributed by atoms with E-state index in [0.29, 0.717) is 11.4 Å². The van der Waals surface area contributed by atoms with Crippen molar-refractivity contribution in [2.45, 2.75) is 6.10 Å². The van der Waals surface area contributed by atoms with Gasteiger partial charge in [0.05, 0.1) is 5.69 Å². The molecule has 1 atom stereocenters. The summed E-state index contributed by atoms with van der Waals surface area (Å²) in [5.41, 5.74) is 1.52. The molecule has 96 valence electrons. The van der Waals surface area contributed by atoms with Crippen LogP contribution in [0.25, 0.3) is 0 Å². The molecule has 0 saturated carbocycles. The molecule has 0 bridgehead atoms. The molecule has 19 heavy (non-hydrogen) atoms. The van der Waals surface area contributed by atoms with Gasteiger partial charge in [-0.25, -0.2) is 0 Å². The Hall–Kier alpha value is -1.33. The summed E-state index contributed by atoms with van der Waals surface area (Å²) >= 11 is 6.76. The molecule has 3 rings (SSSR count). The van der Waals surface area contributed by atoms with E-state index in [-0.39, 0.29) is 5.91 Å². The number of ether oxygens (including phenoxy) is 1. The van der Waals surface area contributed by atoms with Crippen LogP contribution in [0.15, 0.2) is 51.4 Å². The average molecular weight is 383 g/mol. The first kappa shape index (κ1) is 12.7. The molecular formula is C14H9Br2NO2. The van der Waals surface area contributed by atoms with Crippen LogP contribution in [-0.2, 0) is 4.79 Å². The normalized spacial score (nSPS) is 17.4. The van der Waals surface area contributed by atoms with Gasteiger partial charge in [0.1, 0.15) is 5.75 Å². The van der Waals surface area contributed by atoms with E-state index >= 15 is 0 Å². The molecule has 2 aromatic rings. The van der Waals surface area contributed by atoms with Gasteiger partial charge in [-0.1, -0.05) is 44.0 Å². The number of hydrogen-bond donors (Lipinski definition) is 1. The van der Waals surface area contributed by atoms with E-state index in [9.17, 15) is 4.79 Å². The van der Waals surface area contributed by atoms with Crippen LogP contribution in [0.1, 0.15) is 11.7 Å². The third-order valence-electron chi connectivity index (χ3n) is 2.86. The second-order valence-corrected chi connectivity index (χ2v) is 6.01. The molecule has 1 amide bonds. The molecule has 0 fully saturated rings. The number of fused-ring (bicyclic) bond motifs is 1. The molecule has 1 N–H and O–H groups in total. The van der Waals surface area contributed by atoms with Crippen molar-refractivity contribution in [3.05, 3.63) is 57.0 Å². The van der Waals surface area contributed by atoms with E-state index in [1.54, 1.807) is 0 Å². The van der Waals surface area contributed by atoms with Crippen LogP contribution in [-0.4, -0.2) is 5.91 Å². The fourth-order valence-electron chi connectivity index (χ4n) is 1.93. The first-order valence-corrected chi connectivity index (χ1v) is 7.24. The summed E-state index contributed by atoms with van der Waals surface area (Å²) in [6, 6.07) is 13.1. The average Bonchev–Trinajstić information content (AvgIpc) is 2.40. The Morgan fingerprint density at radius 3 is 2.42 bits per heavy atom. The van der Waals surface area contributed by atoms with Gasteiger partial charge in [0.2, 0.25) is 6.10 Å². The van der Waals surface area contributed by atoms with Crippen LogP contribution in [0, 0.1) is 0 Å². The van der Waals surface area contributed by atoms with Gasteiger partial charge in [0.15, 0.2) is 0 Å². The van der Waals surface area contributed by atoms with Crippen LogP contribution in [0.3, 0.4) is 0 Å². The van der Waals surface area contributed by atoms with Gasteiger partial charge in [-0.3, -0.25) is 4.79 Å². The summed E-state index contributed by atoms with van der Waals surface area (Å²) in [5.74, 6) is 0.513. The highest BCUT2D eigenvalue weighted by molar-refractivity contribution is 9.10. The van der Waals surface area contributed by atoms with Gasteiger partial charge in [-0.05, 0) is 30.3 Å². The fraction of sp³-hybridized carbons (Fsp3) is 0.0714. The Morgan fingerprint density at radius 1 is 1.00 bits per heavy atom. The van der Waals surface area contributed by atoms with E-state index in [4.69, 9.17) is 4.74 Å². The third-order valence-corrected chi connectivity index (χ3v) is 3.88. The van der Waals surface area contributed by atoms with Crippen LogP contribution in [0.5, 0.6) is 5.75 Å². The summed E-state index contributed by atoms with van der Waals surface area (Å²) in [7, 11) is 0. The zero-order chi connectivity index (χ0) is 13.4. The van der Waals surface area contributed by atoms with Gasteiger partial charge >= 0.3 is 0 Å². The van der Waals surface area contributed by atoms with Gasteiger partial charge in [-0.15, -0.1) is 0 Å². The first-order chi connectivity index (χ1) is 9.13. The van der Waals surface area contributed by atoms with Crippen molar-refractivity contribution in [2.24, 2.45) is 0 Å². The number of amides is 1. The number of benzene rings is 2. The summed E-state index contributed by atoms with van der Waals surface area (Å²) in [5, 5.41) is 2.85. The molecule has 1 unspecified atom stereocenters. The third kappa shape index (κ3) is 2.53. The number of rotatable bonds is 1. The Kier molecular flexibility index (Phi) is 3.33. The monoisotopic (exact) mass is 381 g/mol. The summed E-state index contributed by atoms with van der Waals surface area (Å²) in [4.78, 5) is 12.1. The largest absolute Gasteiger partial charge is 0.474 e. The van der Waals surface area contributed by atoms with Crippen molar-refractivity contribution in [2.75, 3.05) is 5.32 Å². The molecule has 0 radical (unpaired) electrons. The van der Waals surface area contributed by atoms with Crippen LogP contribution >= 0.6 is 31.9 Å². The van der Waals surface area contributed by atoms with E-state index in [2.05, 4.69) is 37.2 Å². The second-order valence-electron chi connectivity index (χ2n) is 4.18. The molecule has 5 heteroatoms. The maximum Gasteiger partial charge on any atom is 0.270 e. The first-order valence-electron chi connectivity index (χ1n) is 5.66. The minimum Gasteiger partial charge on any atom is -0.474 e. The van der Waals surface area contributed by atoms with Crippen molar-refractivity contribution in [1.29, 1.82) is 0 Å². The van der Waals surface area contributed by atoms with Crippen LogP contribution < -0.4 is 10.1 Å². The lowest BCUT2D eigenvalue weighted by Gasteiger charge is -2.26. The number of carbonyl (C=O) groups is 1. The lowest BCUT2D eigenvalue weighted by atomic mass is 10.1. The summed E-state index contributed by atoms with van der Waals surface area (Å²) in [6.45, 7) is 0. The molecule has 1 aliphatic heterocycles. The zero-order valence-electron chi connectivity index (χ0n) is 9.69. The Balaban J connectivity index is 1.96. The maximum absolute atomic E-state index is 12.1. The summed E-state index contributed by atoms with van der Waals surface area (Å²) < 4.78 is 7.68. The molecule has 0 aliphatic carbocycles. The lowest BCUT2D eigenvalue weighted by Crippen LogP contribution is -2.30. The van der Waals surface area contributed by atoms with Gasteiger partial charge < -0.3 is 10.1 Å². The van der Waals surface area contributed by atoms with Crippen LogP contribution in [0.2, 0.25) is 0 Å². The maximum atomic E-state index is 12.1. The molecule has 1 aliphatic rings. The van der Waals surface area contributed by atoms with Crippen LogP contribution in [0.4, 0.5) is 5.69 Å². The number of nitrogens with one attached hydrogen (secondary N) is 1.